The molecule has 0 N–H and O–H groups in total. The zero-order chi connectivity index (χ0) is 17.1. The van der Waals surface area contributed by atoms with Crippen molar-refractivity contribution in [3.05, 3.63) is 35.7 Å². The molecule has 1 atom stereocenters. The Kier molecular flexibility index (Phi) is 4.78. The van der Waals surface area contributed by atoms with Crippen LogP contribution in [0.5, 0.6) is 0 Å². The lowest BCUT2D eigenvalue weighted by molar-refractivity contribution is 0.0524. The van der Waals surface area contributed by atoms with Gasteiger partial charge in [0.1, 0.15) is 5.82 Å². The van der Waals surface area contributed by atoms with Crippen molar-refractivity contribution in [2.24, 2.45) is 0 Å². The maximum atomic E-state index is 11.9. The molecule has 0 spiro atoms. The Morgan fingerprint density at radius 3 is 2.88 bits per heavy atom. The quantitative estimate of drug-likeness (QED) is 0.802. The number of rotatable bonds is 4. The van der Waals surface area contributed by atoms with Crippen LogP contribution in [0.1, 0.15) is 47.7 Å². The fourth-order valence-corrected chi connectivity index (χ4v) is 3.15. The van der Waals surface area contributed by atoms with Crippen LogP contribution in [0.2, 0.25) is 0 Å². The first-order chi connectivity index (χ1) is 11.6. The highest BCUT2D eigenvalue weighted by Crippen LogP contribution is 2.25. The minimum Gasteiger partial charge on any atom is -0.462 e. The molecule has 1 saturated heterocycles. The van der Waals surface area contributed by atoms with Crippen LogP contribution >= 0.6 is 0 Å². The van der Waals surface area contributed by atoms with Crippen molar-refractivity contribution in [1.29, 1.82) is 0 Å². The van der Waals surface area contributed by atoms with Crippen molar-refractivity contribution in [1.82, 2.24) is 19.5 Å². The maximum absolute atomic E-state index is 11.9. The average molecular weight is 329 g/mol. The van der Waals surface area contributed by atoms with Gasteiger partial charge in [0, 0.05) is 31.7 Å². The number of piperidine rings is 1. The van der Waals surface area contributed by atoms with Gasteiger partial charge in [-0.1, -0.05) is 0 Å². The van der Waals surface area contributed by atoms with Crippen LogP contribution < -0.4 is 4.90 Å². The zero-order valence-corrected chi connectivity index (χ0v) is 14.4. The molecule has 0 aromatic carbocycles. The second-order valence-corrected chi connectivity index (χ2v) is 6.01. The largest absolute Gasteiger partial charge is 0.462 e. The number of imidazole rings is 1. The summed E-state index contributed by atoms with van der Waals surface area (Å²) in [6, 6.07) is 0.370. The summed E-state index contributed by atoms with van der Waals surface area (Å²) in [6.07, 6.45) is 7.63. The normalized spacial score (nSPS) is 17.8. The van der Waals surface area contributed by atoms with Gasteiger partial charge in [0.25, 0.3) is 0 Å². The molecule has 24 heavy (non-hydrogen) atoms. The number of aromatic nitrogens is 4. The topological polar surface area (TPSA) is 73.1 Å². The molecule has 1 unspecified atom stereocenters. The van der Waals surface area contributed by atoms with Gasteiger partial charge in [-0.15, -0.1) is 0 Å². The van der Waals surface area contributed by atoms with Crippen LogP contribution in [0, 0.1) is 13.8 Å². The highest BCUT2D eigenvalue weighted by Gasteiger charge is 2.24. The molecule has 7 nitrogen and oxygen atoms in total. The van der Waals surface area contributed by atoms with Gasteiger partial charge in [-0.2, -0.15) is 0 Å². The molecule has 2 aromatic rings. The lowest BCUT2D eigenvalue weighted by atomic mass is 10.1. The van der Waals surface area contributed by atoms with Gasteiger partial charge in [-0.3, -0.25) is 0 Å². The first-order valence-corrected chi connectivity index (χ1v) is 8.35. The van der Waals surface area contributed by atoms with Crippen LogP contribution in [-0.2, 0) is 4.74 Å². The van der Waals surface area contributed by atoms with Gasteiger partial charge in [-0.05, 0) is 33.6 Å². The Balaban J connectivity index is 1.77. The number of hydrogen-bond acceptors (Lipinski definition) is 6. The Bertz CT molecular complexity index is 728. The van der Waals surface area contributed by atoms with Gasteiger partial charge in [-0.25, -0.2) is 19.7 Å². The predicted molar refractivity (Wildman–Crippen MR) is 90.2 cm³/mol. The third-order valence-electron chi connectivity index (χ3n) is 4.40. The lowest BCUT2D eigenvalue weighted by Gasteiger charge is -2.34. The summed E-state index contributed by atoms with van der Waals surface area (Å²) in [5, 5.41) is 0. The number of carbonyl (C=O) groups excluding carboxylic acids is 1. The fraction of sp³-hybridized carbons (Fsp3) is 0.529. The van der Waals surface area contributed by atoms with Crippen molar-refractivity contribution in [2.75, 3.05) is 24.6 Å². The number of aryl methyl sites for hydroxylation is 2. The zero-order valence-electron chi connectivity index (χ0n) is 14.4. The predicted octanol–water partition coefficient (Wildman–Crippen LogP) is 2.31. The number of anilines is 1. The number of hydrogen-bond donors (Lipinski definition) is 0. The summed E-state index contributed by atoms with van der Waals surface area (Å²) in [5.74, 6) is 1.33. The molecular formula is C17H23N5O2. The first-order valence-electron chi connectivity index (χ1n) is 8.35. The molecule has 3 rings (SSSR count). The molecule has 7 heteroatoms. The van der Waals surface area contributed by atoms with Gasteiger partial charge < -0.3 is 14.2 Å². The van der Waals surface area contributed by atoms with Crippen LogP contribution in [0.4, 0.5) is 5.95 Å². The summed E-state index contributed by atoms with van der Waals surface area (Å²) in [7, 11) is 0. The van der Waals surface area contributed by atoms with E-state index in [1.807, 2.05) is 26.2 Å². The Labute approximate surface area is 141 Å². The minimum absolute atomic E-state index is 0.345. The second kappa shape index (κ2) is 6.98. The number of esters is 1. The van der Waals surface area contributed by atoms with E-state index >= 15 is 0 Å². The number of nitrogens with zero attached hydrogens (tertiary/aromatic N) is 5. The number of ether oxygens (including phenoxy) is 1. The fourth-order valence-electron chi connectivity index (χ4n) is 3.15. The van der Waals surface area contributed by atoms with Gasteiger partial charge in [0.2, 0.25) is 5.95 Å². The van der Waals surface area contributed by atoms with Crippen molar-refractivity contribution in [2.45, 2.75) is 39.7 Å². The van der Waals surface area contributed by atoms with E-state index < -0.39 is 0 Å². The van der Waals surface area contributed by atoms with E-state index in [1.54, 1.807) is 13.1 Å². The summed E-state index contributed by atoms with van der Waals surface area (Å²) < 4.78 is 7.24. The molecule has 0 bridgehead atoms. The second-order valence-electron chi connectivity index (χ2n) is 6.01. The molecule has 0 aliphatic carbocycles. The molecule has 1 fully saturated rings. The monoisotopic (exact) mass is 329 g/mol. The van der Waals surface area contributed by atoms with Crippen LogP contribution in [0.3, 0.4) is 0 Å². The third-order valence-corrected chi connectivity index (χ3v) is 4.40. The third kappa shape index (κ3) is 3.25. The minimum atomic E-state index is -0.368. The van der Waals surface area contributed by atoms with E-state index in [2.05, 4.69) is 24.4 Å². The van der Waals surface area contributed by atoms with Crippen molar-refractivity contribution >= 4 is 11.9 Å². The lowest BCUT2D eigenvalue weighted by Crippen LogP contribution is -2.38. The average Bonchev–Trinajstić information content (AvgIpc) is 3.01. The maximum Gasteiger partial charge on any atom is 0.341 e. The SMILES string of the molecule is CCOC(=O)c1cnc(N2CCCC(n3ccnc3C)C2)nc1C. The Hall–Kier alpha value is -2.44. The van der Waals surface area contributed by atoms with Crippen LogP contribution in [-0.4, -0.2) is 45.2 Å². The van der Waals surface area contributed by atoms with E-state index in [4.69, 9.17) is 4.74 Å². The molecular weight excluding hydrogens is 306 g/mol. The summed E-state index contributed by atoms with van der Waals surface area (Å²) >= 11 is 0. The Morgan fingerprint density at radius 1 is 1.38 bits per heavy atom. The van der Waals surface area contributed by atoms with E-state index in [9.17, 15) is 4.79 Å². The van der Waals surface area contributed by atoms with Crippen LogP contribution in [0.15, 0.2) is 18.6 Å². The van der Waals surface area contributed by atoms with Crippen molar-refractivity contribution in [3.8, 4) is 0 Å². The molecule has 2 aromatic heterocycles. The standard InChI is InChI=1S/C17H23N5O2/c1-4-24-16(23)15-10-19-17(20-12(15)2)21-8-5-6-14(11-21)22-9-7-18-13(22)3/h7,9-10,14H,4-6,8,11H2,1-3H3. The van der Waals surface area contributed by atoms with Crippen LogP contribution in [0.25, 0.3) is 0 Å². The molecule has 1 aliphatic rings. The molecule has 0 amide bonds. The smallest absolute Gasteiger partial charge is 0.341 e. The van der Waals surface area contributed by atoms with Gasteiger partial charge in [0.15, 0.2) is 0 Å². The number of carbonyl (C=O) groups is 1. The van der Waals surface area contributed by atoms with Gasteiger partial charge >= 0.3 is 5.97 Å². The van der Waals surface area contributed by atoms with E-state index in [1.165, 1.54) is 0 Å². The van der Waals surface area contributed by atoms with Crippen molar-refractivity contribution in [3.63, 3.8) is 0 Å². The van der Waals surface area contributed by atoms with E-state index in [0.717, 1.165) is 31.8 Å². The van der Waals surface area contributed by atoms with E-state index in [0.29, 0.717) is 29.9 Å². The highest BCUT2D eigenvalue weighted by molar-refractivity contribution is 5.90. The molecule has 1 aliphatic heterocycles. The van der Waals surface area contributed by atoms with Crippen molar-refractivity contribution < 1.29 is 9.53 Å². The Morgan fingerprint density at radius 2 is 2.21 bits per heavy atom. The molecule has 0 saturated carbocycles. The molecule has 128 valence electrons. The summed E-state index contributed by atoms with van der Waals surface area (Å²) in [4.78, 5) is 27.3. The molecule has 0 radical (unpaired) electrons. The molecule has 3 heterocycles. The summed E-state index contributed by atoms with van der Waals surface area (Å²) in [5.41, 5.74) is 1.08. The summed E-state index contributed by atoms with van der Waals surface area (Å²) in [6.45, 7) is 7.73. The highest BCUT2D eigenvalue weighted by atomic mass is 16.5. The first kappa shape index (κ1) is 16.4. The van der Waals surface area contributed by atoms with Gasteiger partial charge in [0.05, 0.1) is 23.9 Å². The van der Waals surface area contributed by atoms with E-state index in [-0.39, 0.29) is 5.97 Å².